The van der Waals surface area contributed by atoms with Crippen LogP contribution in [-0.4, -0.2) is 55.2 Å². The molecule has 1 N–H and O–H groups in total. The third kappa shape index (κ3) is 4.06. The van der Waals surface area contributed by atoms with Crippen LogP contribution in [0.3, 0.4) is 0 Å². The van der Waals surface area contributed by atoms with Crippen LogP contribution in [0, 0.1) is 0 Å². The minimum Gasteiger partial charge on any atom is -0.507 e. The summed E-state index contributed by atoms with van der Waals surface area (Å²) in [5.74, 6) is -0.715. The second-order valence-corrected chi connectivity index (χ2v) is 8.14. The molecule has 8 heteroatoms. The van der Waals surface area contributed by atoms with Crippen LogP contribution in [0.4, 0.5) is 0 Å². The Labute approximate surface area is 191 Å². The van der Waals surface area contributed by atoms with Crippen molar-refractivity contribution in [2.24, 2.45) is 0 Å². The molecule has 2 aromatic carbocycles. The SMILES string of the molecule is COc1ccc(OC)c([C@H]2C(=C(O)c3ccc(Cl)cc3)C(=O)C(=O)N2C[C@@H]2CCCO2)c1. The zero-order valence-corrected chi connectivity index (χ0v) is 18.6. The van der Waals surface area contributed by atoms with Gasteiger partial charge in [0, 0.05) is 29.3 Å². The predicted molar refractivity (Wildman–Crippen MR) is 119 cm³/mol. The second-order valence-electron chi connectivity index (χ2n) is 7.70. The summed E-state index contributed by atoms with van der Waals surface area (Å²) in [6.07, 6.45) is 1.51. The Morgan fingerprint density at radius 2 is 1.91 bits per heavy atom. The summed E-state index contributed by atoms with van der Waals surface area (Å²) >= 11 is 5.97. The number of methoxy groups -OCH3 is 2. The van der Waals surface area contributed by atoms with Crippen LogP contribution < -0.4 is 9.47 Å². The molecule has 0 aliphatic carbocycles. The molecule has 0 unspecified atom stereocenters. The third-order valence-corrected chi connectivity index (χ3v) is 6.07. The van der Waals surface area contributed by atoms with E-state index >= 15 is 0 Å². The Morgan fingerprint density at radius 3 is 2.53 bits per heavy atom. The number of ketones is 1. The van der Waals surface area contributed by atoms with Gasteiger partial charge in [0.2, 0.25) is 0 Å². The highest BCUT2D eigenvalue weighted by atomic mass is 35.5. The average Bonchev–Trinajstić information content (AvgIpc) is 3.41. The molecule has 2 aromatic rings. The van der Waals surface area contributed by atoms with Crippen molar-refractivity contribution in [1.29, 1.82) is 0 Å². The van der Waals surface area contributed by atoms with E-state index < -0.39 is 17.7 Å². The van der Waals surface area contributed by atoms with Crippen molar-refractivity contribution in [2.75, 3.05) is 27.4 Å². The molecule has 2 saturated heterocycles. The maximum Gasteiger partial charge on any atom is 0.295 e. The zero-order chi connectivity index (χ0) is 22.8. The van der Waals surface area contributed by atoms with Gasteiger partial charge in [0.25, 0.3) is 11.7 Å². The van der Waals surface area contributed by atoms with Gasteiger partial charge in [0.15, 0.2) is 0 Å². The average molecular weight is 458 g/mol. The van der Waals surface area contributed by atoms with Gasteiger partial charge in [-0.05, 0) is 55.3 Å². The van der Waals surface area contributed by atoms with Crippen molar-refractivity contribution in [3.05, 3.63) is 64.2 Å². The number of benzene rings is 2. The quantitative estimate of drug-likeness (QED) is 0.401. The Kier molecular flexibility index (Phi) is 6.39. The molecule has 2 heterocycles. The van der Waals surface area contributed by atoms with E-state index in [9.17, 15) is 14.7 Å². The number of halogens is 1. The summed E-state index contributed by atoms with van der Waals surface area (Å²) in [5.41, 5.74) is 0.915. The molecule has 4 rings (SSSR count). The van der Waals surface area contributed by atoms with Gasteiger partial charge in [-0.2, -0.15) is 0 Å². The van der Waals surface area contributed by atoms with Crippen molar-refractivity contribution in [3.63, 3.8) is 0 Å². The van der Waals surface area contributed by atoms with Crippen LogP contribution in [0.1, 0.15) is 30.0 Å². The lowest BCUT2D eigenvalue weighted by molar-refractivity contribution is -0.140. The van der Waals surface area contributed by atoms with Gasteiger partial charge in [-0.15, -0.1) is 0 Å². The maximum absolute atomic E-state index is 13.2. The third-order valence-electron chi connectivity index (χ3n) is 5.81. The lowest BCUT2D eigenvalue weighted by Crippen LogP contribution is -2.36. The molecule has 168 valence electrons. The first-order valence-electron chi connectivity index (χ1n) is 10.3. The number of likely N-dealkylation sites (tertiary alicyclic amines) is 1. The fraction of sp³-hybridized carbons (Fsp3) is 0.333. The van der Waals surface area contributed by atoms with E-state index in [1.807, 2.05) is 0 Å². The summed E-state index contributed by atoms with van der Waals surface area (Å²) in [4.78, 5) is 27.7. The summed E-state index contributed by atoms with van der Waals surface area (Å²) in [6, 6.07) is 10.7. The molecule has 2 fully saturated rings. The molecular formula is C24H24ClNO6. The van der Waals surface area contributed by atoms with Gasteiger partial charge in [-0.3, -0.25) is 9.59 Å². The molecule has 2 aliphatic rings. The molecule has 2 aliphatic heterocycles. The number of nitrogens with zero attached hydrogens (tertiary/aromatic N) is 1. The van der Waals surface area contributed by atoms with E-state index in [-0.39, 0.29) is 24.0 Å². The number of hydrogen-bond acceptors (Lipinski definition) is 6. The predicted octanol–water partition coefficient (Wildman–Crippen LogP) is 3.96. The van der Waals surface area contributed by atoms with Crippen molar-refractivity contribution in [3.8, 4) is 11.5 Å². The van der Waals surface area contributed by atoms with Crippen molar-refractivity contribution in [1.82, 2.24) is 4.90 Å². The Morgan fingerprint density at radius 1 is 1.16 bits per heavy atom. The van der Waals surface area contributed by atoms with Crippen LogP contribution in [0.25, 0.3) is 5.76 Å². The fourth-order valence-corrected chi connectivity index (χ4v) is 4.34. The molecule has 0 spiro atoms. The maximum atomic E-state index is 13.2. The molecule has 32 heavy (non-hydrogen) atoms. The van der Waals surface area contributed by atoms with E-state index in [1.54, 1.807) is 42.5 Å². The molecule has 0 bridgehead atoms. The van der Waals surface area contributed by atoms with Gasteiger partial charge in [0.05, 0.1) is 31.9 Å². The van der Waals surface area contributed by atoms with Crippen molar-refractivity contribution in [2.45, 2.75) is 25.0 Å². The number of carbonyl (C=O) groups excluding carboxylic acids is 2. The van der Waals surface area contributed by atoms with E-state index in [0.29, 0.717) is 34.3 Å². The highest BCUT2D eigenvalue weighted by Gasteiger charge is 2.48. The molecule has 7 nitrogen and oxygen atoms in total. The van der Waals surface area contributed by atoms with Crippen LogP contribution in [0.5, 0.6) is 11.5 Å². The zero-order valence-electron chi connectivity index (χ0n) is 17.8. The number of rotatable bonds is 6. The van der Waals surface area contributed by atoms with Crippen LogP contribution >= 0.6 is 11.6 Å². The molecule has 0 radical (unpaired) electrons. The number of Topliss-reactive ketones (excluding diaryl/α,β-unsaturated/α-hetero) is 1. The molecule has 1 amide bonds. The van der Waals surface area contributed by atoms with Crippen LogP contribution in [0.15, 0.2) is 48.0 Å². The van der Waals surface area contributed by atoms with Gasteiger partial charge in [-0.25, -0.2) is 0 Å². The first-order chi connectivity index (χ1) is 15.4. The summed E-state index contributed by atoms with van der Waals surface area (Å²) in [7, 11) is 3.04. The van der Waals surface area contributed by atoms with Crippen LogP contribution in [0.2, 0.25) is 5.02 Å². The number of carbonyl (C=O) groups is 2. The largest absolute Gasteiger partial charge is 0.507 e. The molecule has 0 saturated carbocycles. The standard InChI is InChI=1S/C24H24ClNO6/c1-30-16-9-10-19(31-2)18(12-16)21-20(22(27)14-5-7-15(25)8-6-14)23(28)24(29)26(21)13-17-4-3-11-32-17/h5-10,12,17,21,27H,3-4,11,13H2,1-2H3/t17-,21-/m0/s1. The van der Waals surface area contributed by atoms with Crippen molar-refractivity contribution < 1.29 is 28.9 Å². The number of hydrogen-bond donors (Lipinski definition) is 1. The van der Waals surface area contributed by atoms with E-state index in [4.69, 9.17) is 25.8 Å². The molecular weight excluding hydrogens is 434 g/mol. The second kappa shape index (κ2) is 9.22. The van der Waals surface area contributed by atoms with Gasteiger partial charge >= 0.3 is 0 Å². The summed E-state index contributed by atoms with van der Waals surface area (Å²) in [6.45, 7) is 0.847. The van der Waals surface area contributed by atoms with Crippen LogP contribution in [-0.2, 0) is 14.3 Å². The Hall–Kier alpha value is -3.03. The summed E-state index contributed by atoms with van der Waals surface area (Å²) < 4.78 is 16.6. The monoisotopic (exact) mass is 457 g/mol. The Bertz CT molecular complexity index is 1060. The molecule has 2 atom stereocenters. The lowest BCUT2D eigenvalue weighted by Gasteiger charge is -2.28. The summed E-state index contributed by atoms with van der Waals surface area (Å²) in [5, 5.41) is 11.6. The van der Waals surface area contributed by atoms with Crippen molar-refractivity contribution >= 4 is 29.1 Å². The lowest BCUT2D eigenvalue weighted by atomic mass is 9.94. The number of amides is 1. The van der Waals surface area contributed by atoms with E-state index in [1.165, 1.54) is 19.1 Å². The topological polar surface area (TPSA) is 85.3 Å². The first kappa shape index (κ1) is 22.2. The Balaban J connectivity index is 1.89. The highest BCUT2D eigenvalue weighted by molar-refractivity contribution is 6.46. The minimum atomic E-state index is -0.861. The van der Waals surface area contributed by atoms with E-state index in [2.05, 4.69) is 0 Å². The van der Waals surface area contributed by atoms with Gasteiger partial charge in [-0.1, -0.05) is 11.6 Å². The smallest absolute Gasteiger partial charge is 0.295 e. The number of aliphatic hydroxyl groups is 1. The van der Waals surface area contributed by atoms with Gasteiger partial charge in [0.1, 0.15) is 17.3 Å². The normalized spacial score (nSPS) is 22.4. The minimum absolute atomic E-state index is 0.0122. The molecule has 0 aromatic heterocycles. The number of aliphatic hydroxyl groups excluding tert-OH is 1. The van der Waals surface area contributed by atoms with E-state index in [0.717, 1.165) is 12.8 Å². The number of ether oxygens (including phenoxy) is 3. The van der Waals surface area contributed by atoms with Gasteiger partial charge < -0.3 is 24.2 Å². The highest BCUT2D eigenvalue weighted by Crippen LogP contribution is 2.44. The fourth-order valence-electron chi connectivity index (χ4n) is 4.22. The first-order valence-corrected chi connectivity index (χ1v) is 10.7.